The van der Waals surface area contributed by atoms with E-state index in [-0.39, 0.29) is 16.8 Å². The van der Waals surface area contributed by atoms with Gasteiger partial charge in [-0.25, -0.2) is 13.1 Å². The second-order valence-electron chi connectivity index (χ2n) is 8.66. The van der Waals surface area contributed by atoms with Gasteiger partial charge in [-0.2, -0.15) is 0 Å². The molecule has 1 saturated heterocycles. The van der Waals surface area contributed by atoms with E-state index in [4.69, 9.17) is 0 Å². The molecule has 1 amide bonds. The van der Waals surface area contributed by atoms with Gasteiger partial charge in [-0.15, -0.1) is 0 Å². The maximum absolute atomic E-state index is 13.0. The summed E-state index contributed by atoms with van der Waals surface area (Å²) >= 11 is 0. The van der Waals surface area contributed by atoms with Gasteiger partial charge in [0.05, 0.1) is 4.90 Å². The van der Waals surface area contributed by atoms with Gasteiger partial charge < -0.3 is 9.80 Å². The van der Waals surface area contributed by atoms with Crippen LogP contribution in [0.1, 0.15) is 24.0 Å². The molecule has 7 heteroatoms. The fourth-order valence-corrected chi connectivity index (χ4v) is 6.00. The highest BCUT2D eigenvalue weighted by Crippen LogP contribution is 2.34. The van der Waals surface area contributed by atoms with Crippen LogP contribution < -0.4 is 14.5 Å². The number of carbonyl (C=O) groups excluding carboxylic acids is 1. The first-order chi connectivity index (χ1) is 16.0. The average Bonchev–Trinajstić information content (AvgIpc) is 3.25. The Bertz CT molecular complexity index is 1250. The van der Waals surface area contributed by atoms with Crippen molar-refractivity contribution in [2.75, 3.05) is 22.9 Å². The van der Waals surface area contributed by atoms with Gasteiger partial charge >= 0.3 is 0 Å². The molecule has 3 aromatic carbocycles. The molecule has 1 fully saturated rings. The molecule has 0 spiro atoms. The highest BCUT2D eigenvalue weighted by molar-refractivity contribution is 7.89. The normalized spacial score (nSPS) is 18.4. The smallest absolute Gasteiger partial charge is 0.240 e. The van der Waals surface area contributed by atoms with E-state index in [2.05, 4.69) is 33.9 Å². The van der Waals surface area contributed by atoms with Gasteiger partial charge in [0.25, 0.3) is 0 Å². The van der Waals surface area contributed by atoms with E-state index in [1.807, 2.05) is 29.2 Å². The fourth-order valence-electron chi connectivity index (χ4n) is 4.75. The predicted octanol–water partition coefficient (Wildman–Crippen LogP) is 3.72. The van der Waals surface area contributed by atoms with Gasteiger partial charge in [-0.3, -0.25) is 4.79 Å². The van der Waals surface area contributed by atoms with E-state index < -0.39 is 10.0 Å². The Morgan fingerprint density at radius 1 is 0.939 bits per heavy atom. The SMILES string of the molecule is O=C1CCCN1c1ccc2c(c1)CC(NS(=O)(=O)c1ccccc1)CN2Cc1ccccc1. The van der Waals surface area contributed by atoms with E-state index in [1.165, 1.54) is 0 Å². The van der Waals surface area contributed by atoms with Crippen molar-refractivity contribution >= 4 is 27.3 Å². The number of hydrogen-bond acceptors (Lipinski definition) is 4. The lowest BCUT2D eigenvalue weighted by Crippen LogP contribution is -2.48. The standard InChI is InChI=1S/C26H27N3O3S/c30-26-12-7-15-29(26)23-13-14-25-21(17-23)16-22(19-28(25)18-20-8-3-1-4-9-20)27-33(31,32)24-10-5-2-6-11-24/h1-6,8-11,13-14,17,22,27H,7,12,15-16,18-19H2. The second kappa shape index (κ2) is 9.00. The minimum absolute atomic E-state index is 0.147. The van der Waals surface area contributed by atoms with Crippen LogP contribution in [0.25, 0.3) is 0 Å². The molecule has 0 saturated carbocycles. The number of fused-ring (bicyclic) bond motifs is 1. The number of hydrogen-bond donors (Lipinski definition) is 1. The Labute approximate surface area is 194 Å². The average molecular weight is 462 g/mol. The van der Waals surface area contributed by atoms with Gasteiger partial charge in [0.1, 0.15) is 0 Å². The van der Waals surface area contributed by atoms with Crippen LogP contribution in [0.5, 0.6) is 0 Å². The van der Waals surface area contributed by atoms with Gasteiger partial charge in [0.15, 0.2) is 0 Å². The summed E-state index contributed by atoms with van der Waals surface area (Å²) in [5.41, 5.74) is 4.19. The van der Waals surface area contributed by atoms with Crippen LogP contribution in [0.2, 0.25) is 0 Å². The summed E-state index contributed by atoms with van der Waals surface area (Å²) in [5.74, 6) is 0.147. The van der Waals surface area contributed by atoms with Crippen LogP contribution in [-0.4, -0.2) is 33.5 Å². The van der Waals surface area contributed by atoms with Crippen molar-refractivity contribution in [3.63, 3.8) is 0 Å². The molecule has 0 aliphatic carbocycles. The van der Waals surface area contributed by atoms with Crippen LogP contribution in [-0.2, 0) is 27.8 Å². The zero-order valence-electron chi connectivity index (χ0n) is 18.4. The van der Waals surface area contributed by atoms with E-state index in [9.17, 15) is 13.2 Å². The largest absolute Gasteiger partial charge is 0.365 e. The predicted molar refractivity (Wildman–Crippen MR) is 130 cm³/mol. The third kappa shape index (κ3) is 4.65. The van der Waals surface area contributed by atoms with E-state index in [0.29, 0.717) is 25.9 Å². The van der Waals surface area contributed by atoms with Crippen molar-refractivity contribution in [2.45, 2.75) is 36.7 Å². The number of anilines is 2. The van der Waals surface area contributed by atoms with Crippen molar-refractivity contribution in [3.05, 3.63) is 90.0 Å². The van der Waals surface area contributed by atoms with Crippen LogP contribution in [0.4, 0.5) is 11.4 Å². The number of amides is 1. The molecule has 3 aromatic rings. The molecule has 2 heterocycles. The van der Waals surface area contributed by atoms with Crippen LogP contribution in [0.3, 0.4) is 0 Å². The lowest BCUT2D eigenvalue weighted by Gasteiger charge is -2.37. The molecule has 170 valence electrons. The first-order valence-electron chi connectivity index (χ1n) is 11.3. The van der Waals surface area contributed by atoms with Gasteiger partial charge in [0.2, 0.25) is 15.9 Å². The summed E-state index contributed by atoms with van der Waals surface area (Å²) in [5, 5.41) is 0. The Kier molecular flexibility index (Phi) is 5.91. The van der Waals surface area contributed by atoms with Crippen LogP contribution >= 0.6 is 0 Å². The molecule has 1 N–H and O–H groups in total. The zero-order valence-corrected chi connectivity index (χ0v) is 19.2. The minimum atomic E-state index is -3.63. The van der Waals surface area contributed by atoms with E-state index in [1.54, 1.807) is 30.3 Å². The number of nitrogens with one attached hydrogen (secondary N) is 1. The first kappa shape index (κ1) is 21.7. The monoisotopic (exact) mass is 461 g/mol. The molecule has 33 heavy (non-hydrogen) atoms. The summed E-state index contributed by atoms with van der Waals surface area (Å²) in [6, 6.07) is 24.5. The first-order valence-corrected chi connectivity index (χ1v) is 12.8. The lowest BCUT2D eigenvalue weighted by atomic mass is 9.97. The summed E-state index contributed by atoms with van der Waals surface area (Å²) in [7, 11) is -3.63. The molecule has 0 bridgehead atoms. The summed E-state index contributed by atoms with van der Waals surface area (Å²) < 4.78 is 28.9. The molecule has 5 rings (SSSR count). The summed E-state index contributed by atoms with van der Waals surface area (Å²) in [4.78, 5) is 16.6. The highest BCUT2D eigenvalue weighted by atomic mass is 32.2. The van der Waals surface area contributed by atoms with Crippen molar-refractivity contribution in [1.82, 2.24) is 4.72 Å². The molecule has 1 unspecified atom stereocenters. The molecular weight excluding hydrogens is 434 g/mol. The Balaban J connectivity index is 1.46. The van der Waals surface area contributed by atoms with Crippen LogP contribution in [0, 0.1) is 0 Å². The minimum Gasteiger partial charge on any atom is -0.365 e. The fraction of sp³-hybridized carbons (Fsp3) is 0.269. The quantitative estimate of drug-likeness (QED) is 0.607. The third-order valence-corrected chi connectivity index (χ3v) is 7.82. The second-order valence-corrected chi connectivity index (χ2v) is 10.4. The highest BCUT2D eigenvalue weighted by Gasteiger charge is 2.30. The number of benzene rings is 3. The summed E-state index contributed by atoms with van der Waals surface area (Å²) in [6.45, 7) is 1.98. The number of sulfonamides is 1. The number of rotatable bonds is 6. The van der Waals surface area contributed by atoms with Crippen molar-refractivity contribution in [3.8, 4) is 0 Å². The maximum Gasteiger partial charge on any atom is 0.240 e. The number of carbonyl (C=O) groups is 1. The van der Waals surface area contributed by atoms with Crippen molar-refractivity contribution in [1.29, 1.82) is 0 Å². The summed E-state index contributed by atoms with van der Waals surface area (Å²) in [6.07, 6.45) is 2.02. The van der Waals surface area contributed by atoms with E-state index >= 15 is 0 Å². The van der Waals surface area contributed by atoms with Crippen LogP contribution in [0.15, 0.2) is 83.8 Å². The van der Waals surface area contributed by atoms with Crippen molar-refractivity contribution < 1.29 is 13.2 Å². The molecule has 0 radical (unpaired) electrons. The van der Waals surface area contributed by atoms with Gasteiger partial charge in [-0.1, -0.05) is 48.5 Å². The van der Waals surface area contributed by atoms with E-state index in [0.717, 1.165) is 35.5 Å². The lowest BCUT2D eigenvalue weighted by molar-refractivity contribution is -0.117. The molecule has 6 nitrogen and oxygen atoms in total. The topological polar surface area (TPSA) is 69.7 Å². The molecule has 1 atom stereocenters. The Hall–Kier alpha value is -3.16. The van der Waals surface area contributed by atoms with Gasteiger partial charge in [0, 0.05) is 43.5 Å². The van der Waals surface area contributed by atoms with Crippen molar-refractivity contribution in [2.24, 2.45) is 0 Å². The Morgan fingerprint density at radius 2 is 1.67 bits per heavy atom. The molecule has 2 aliphatic heterocycles. The number of nitrogens with zero attached hydrogens (tertiary/aromatic N) is 2. The maximum atomic E-state index is 13.0. The molecule has 0 aromatic heterocycles. The zero-order chi connectivity index (χ0) is 22.8. The molecular formula is C26H27N3O3S. The van der Waals surface area contributed by atoms with Gasteiger partial charge in [-0.05, 0) is 54.3 Å². The third-order valence-electron chi connectivity index (χ3n) is 6.29. The Morgan fingerprint density at radius 3 is 2.36 bits per heavy atom. The molecule has 2 aliphatic rings.